The lowest BCUT2D eigenvalue weighted by molar-refractivity contribution is 0.298. The smallest absolute Gasteiger partial charge is 0.222 e. The third-order valence-electron chi connectivity index (χ3n) is 3.99. The molecule has 7 heteroatoms. The summed E-state index contributed by atoms with van der Waals surface area (Å²) in [7, 11) is 1.55. The van der Waals surface area contributed by atoms with Gasteiger partial charge in [-0.05, 0) is 23.8 Å². The average molecular weight is 361 g/mol. The first kappa shape index (κ1) is 18.0. The average Bonchev–Trinajstić information content (AvgIpc) is 2.68. The van der Waals surface area contributed by atoms with Crippen LogP contribution in [0.1, 0.15) is 11.1 Å². The zero-order valence-corrected chi connectivity index (χ0v) is 14.8. The minimum Gasteiger partial charge on any atom is -0.493 e. The SMILES string of the molecule is COc1cc(-c2nc(N)nc(N)c2C#N)ccc1OCCc1ccccc1. The van der Waals surface area contributed by atoms with Crippen molar-refractivity contribution >= 4 is 11.8 Å². The van der Waals surface area contributed by atoms with E-state index >= 15 is 0 Å². The lowest BCUT2D eigenvalue weighted by Crippen LogP contribution is -2.05. The molecule has 1 aromatic heterocycles. The molecule has 0 spiro atoms. The van der Waals surface area contributed by atoms with Crippen LogP contribution < -0.4 is 20.9 Å². The molecule has 1 heterocycles. The van der Waals surface area contributed by atoms with Gasteiger partial charge in [-0.25, -0.2) is 4.98 Å². The third-order valence-corrected chi connectivity index (χ3v) is 3.99. The zero-order valence-electron chi connectivity index (χ0n) is 14.8. The Labute approximate surface area is 157 Å². The van der Waals surface area contributed by atoms with Crippen molar-refractivity contribution in [3.05, 3.63) is 59.7 Å². The molecule has 0 bridgehead atoms. The fourth-order valence-corrected chi connectivity index (χ4v) is 2.67. The summed E-state index contributed by atoms with van der Waals surface area (Å²) < 4.78 is 11.3. The zero-order chi connectivity index (χ0) is 19.2. The molecule has 0 aliphatic carbocycles. The number of nitrogen functional groups attached to an aromatic ring is 2. The Hall–Kier alpha value is -3.79. The molecular weight excluding hydrogens is 342 g/mol. The Bertz CT molecular complexity index is 984. The number of anilines is 2. The summed E-state index contributed by atoms with van der Waals surface area (Å²) in [5.41, 5.74) is 13.8. The standard InChI is InChI=1S/C20H19N5O2/c1-26-17-11-14(18-15(12-21)19(22)25-20(23)24-18)7-8-16(17)27-10-9-13-5-3-2-4-6-13/h2-8,11H,9-10H2,1H3,(H4,22,23,24,25). The van der Waals surface area contributed by atoms with Crippen LogP contribution in [0.25, 0.3) is 11.3 Å². The molecule has 0 aliphatic rings. The third kappa shape index (κ3) is 4.07. The van der Waals surface area contributed by atoms with E-state index < -0.39 is 0 Å². The molecule has 4 N–H and O–H groups in total. The van der Waals surface area contributed by atoms with E-state index in [9.17, 15) is 5.26 Å². The van der Waals surface area contributed by atoms with Crippen LogP contribution in [0.15, 0.2) is 48.5 Å². The van der Waals surface area contributed by atoms with Gasteiger partial charge in [0.1, 0.15) is 17.5 Å². The maximum absolute atomic E-state index is 9.35. The molecule has 0 saturated heterocycles. The Morgan fingerprint density at radius 2 is 1.81 bits per heavy atom. The van der Waals surface area contributed by atoms with Crippen LogP contribution in [0.3, 0.4) is 0 Å². The molecule has 0 radical (unpaired) electrons. The van der Waals surface area contributed by atoms with Crippen molar-refractivity contribution < 1.29 is 9.47 Å². The minimum atomic E-state index is 0.00338. The van der Waals surface area contributed by atoms with E-state index in [4.69, 9.17) is 20.9 Å². The number of aromatic nitrogens is 2. The van der Waals surface area contributed by atoms with Crippen LogP contribution in [0, 0.1) is 11.3 Å². The van der Waals surface area contributed by atoms with Gasteiger partial charge in [-0.15, -0.1) is 0 Å². The van der Waals surface area contributed by atoms with Crippen molar-refractivity contribution in [2.75, 3.05) is 25.2 Å². The summed E-state index contributed by atoms with van der Waals surface area (Å²) in [5, 5.41) is 9.35. The topological polar surface area (TPSA) is 120 Å². The first-order chi connectivity index (χ1) is 13.1. The number of nitrogens with zero attached hydrogens (tertiary/aromatic N) is 3. The molecule has 3 rings (SSSR count). The fourth-order valence-electron chi connectivity index (χ4n) is 2.67. The summed E-state index contributed by atoms with van der Waals surface area (Å²) in [5.74, 6) is 1.18. The van der Waals surface area contributed by atoms with Crippen LogP contribution in [-0.4, -0.2) is 23.7 Å². The predicted octanol–water partition coefficient (Wildman–Crippen LogP) is 2.81. The van der Waals surface area contributed by atoms with Crippen molar-refractivity contribution in [3.8, 4) is 28.8 Å². The number of ether oxygens (including phenoxy) is 2. The van der Waals surface area contributed by atoms with E-state index in [0.29, 0.717) is 29.4 Å². The molecule has 0 fully saturated rings. The molecule has 27 heavy (non-hydrogen) atoms. The predicted molar refractivity (Wildman–Crippen MR) is 103 cm³/mol. The van der Waals surface area contributed by atoms with E-state index in [-0.39, 0.29) is 17.3 Å². The van der Waals surface area contributed by atoms with Crippen LogP contribution in [-0.2, 0) is 6.42 Å². The normalized spacial score (nSPS) is 10.2. The Kier molecular flexibility index (Phi) is 5.38. The summed E-state index contributed by atoms with van der Waals surface area (Å²) in [6.45, 7) is 0.510. The van der Waals surface area contributed by atoms with E-state index in [1.807, 2.05) is 24.3 Å². The Balaban J connectivity index is 1.84. The summed E-state index contributed by atoms with van der Waals surface area (Å²) in [4.78, 5) is 7.98. The first-order valence-corrected chi connectivity index (χ1v) is 8.30. The number of hydrogen-bond donors (Lipinski definition) is 2. The van der Waals surface area contributed by atoms with Crippen LogP contribution in [0.5, 0.6) is 11.5 Å². The van der Waals surface area contributed by atoms with Gasteiger partial charge in [0.05, 0.1) is 19.4 Å². The maximum atomic E-state index is 9.35. The van der Waals surface area contributed by atoms with E-state index in [0.717, 1.165) is 6.42 Å². The van der Waals surface area contributed by atoms with Crippen molar-refractivity contribution in [1.82, 2.24) is 9.97 Å². The first-order valence-electron chi connectivity index (χ1n) is 8.30. The van der Waals surface area contributed by atoms with Gasteiger partial charge in [0.2, 0.25) is 5.95 Å². The van der Waals surface area contributed by atoms with Gasteiger partial charge >= 0.3 is 0 Å². The molecule has 0 unspecified atom stereocenters. The lowest BCUT2D eigenvalue weighted by Gasteiger charge is -2.13. The largest absolute Gasteiger partial charge is 0.493 e. The maximum Gasteiger partial charge on any atom is 0.222 e. The molecule has 3 aromatic rings. The highest BCUT2D eigenvalue weighted by Gasteiger charge is 2.15. The molecule has 0 atom stereocenters. The Morgan fingerprint density at radius 3 is 2.52 bits per heavy atom. The van der Waals surface area contributed by atoms with Gasteiger partial charge in [-0.1, -0.05) is 30.3 Å². The van der Waals surface area contributed by atoms with E-state index in [1.54, 1.807) is 25.3 Å². The summed E-state index contributed by atoms with van der Waals surface area (Å²) in [6, 6.07) is 17.4. The van der Waals surface area contributed by atoms with Crippen molar-refractivity contribution in [1.29, 1.82) is 5.26 Å². The van der Waals surface area contributed by atoms with Gasteiger partial charge in [0.15, 0.2) is 11.5 Å². The minimum absolute atomic E-state index is 0.00338. The molecule has 0 amide bonds. The number of nitrogens with two attached hydrogens (primary N) is 2. The van der Waals surface area contributed by atoms with Gasteiger partial charge in [-0.3, -0.25) is 0 Å². The fraction of sp³-hybridized carbons (Fsp3) is 0.150. The van der Waals surface area contributed by atoms with Gasteiger partial charge in [0.25, 0.3) is 0 Å². The van der Waals surface area contributed by atoms with E-state index in [2.05, 4.69) is 22.1 Å². The van der Waals surface area contributed by atoms with Crippen molar-refractivity contribution in [2.24, 2.45) is 0 Å². The molecule has 0 aliphatic heterocycles. The van der Waals surface area contributed by atoms with Crippen LogP contribution in [0.2, 0.25) is 0 Å². The number of benzene rings is 2. The second-order valence-electron chi connectivity index (χ2n) is 5.75. The van der Waals surface area contributed by atoms with Gasteiger partial charge in [-0.2, -0.15) is 10.2 Å². The number of rotatable bonds is 6. The molecule has 0 saturated carbocycles. The van der Waals surface area contributed by atoms with Gasteiger partial charge in [0, 0.05) is 12.0 Å². The summed E-state index contributed by atoms with van der Waals surface area (Å²) in [6.07, 6.45) is 0.781. The summed E-state index contributed by atoms with van der Waals surface area (Å²) >= 11 is 0. The van der Waals surface area contributed by atoms with Crippen molar-refractivity contribution in [2.45, 2.75) is 6.42 Å². The number of methoxy groups -OCH3 is 1. The Morgan fingerprint density at radius 1 is 1.04 bits per heavy atom. The monoisotopic (exact) mass is 361 g/mol. The molecular formula is C20H19N5O2. The second kappa shape index (κ2) is 8.06. The highest BCUT2D eigenvalue weighted by atomic mass is 16.5. The van der Waals surface area contributed by atoms with E-state index in [1.165, 1.54) is 5.56 Å². The highest BCUT2D eigenvalue weighted by Crippen LogP contribution is 2.34. The number of hydrogen-bond acceptors (Lipinski definition) is 7. The van der Waals surface area contributed by atoms with Crippen LogP contribution in [0.4, 0.5) is 11.8 Å². The molecule has 136 valence electrons. The van der Waals surface area contributed by atoms with Crippen molar-refractivity contribution in [3.63, 3.8) is 0 Å². The highest BCUT2D eigenvalue weighted by molar-refractivity contribution is 5.74. The second-order valence-corrected chi connectivity index (χ2v) is 5.75. The number of nitriles is 1. The van der Waals surface area contributed by atoms with Crippen LogP contribution >= 0.6 is 0 Å². The lowest BCUT2D eigenvalue weighted by atomic mass is 10.1. The molecule has 2 aromatic carbocycles. The quantitative estimate of drug-likeness (QED) is 0.692. The van der Waals surface area contributed by atoms with Gasteiger partial charge < -0.3 is 20.9 Å². The molecule has 7 nitrogen and oxygen atoms in total.